The van der Waals surface area contributed by atoms with E-state index in [9.17, 15) is 23.4 Å². The number of aliphatic hydroxyl groups excluding tert-OH is 2. The molecule has 1 aromatic carbocycles. The predicted octanol–water partition coefficient (Wildman–Crippen LogP) is 2.13. The molecule has 0 radical (unpaired) electrons. The number of allylic oxidation sites excluding steroid dienone is 1. The molecule has 20 heavy (non-hydrogen) atoms. The Balaban J connectivity index is 2.44. The second-order valence-corrected chi connectivity index (χ2v) is 4.69. The molecule has 0 saturated carbocycles. The lowest BCUT2D eigenvalue weighted by Crippen LogP contribution is -2.56. The molecule has 0 spiro atoms. The Morgan fingerprint density at radius 1 is 1.20 bits per heavy atom. The van der Waals surface area contributed by atoms with Crippen LogP contribution < -0.4 is 4.90 Å². The highest BCUT2D eigenvalue weighted by molar-refractivity contribution is 6.33. The van der Waals surface area contributed by atoms with Gasteiger partial charge in [0.15, 0.2) is 6.23 Å². The molecular formula is C12H12ClF3N2O2. The smallest absolute Gasteiger partial charge is 0.370 e. The van der Waals surface area contributed by atoms with E-state index < -0.39 is 24.5 Å². The molecule has 110 valence electrons. The summed E-state index contributed by atoms with van der Waals surface area (Å²) in [6.45, 7) is 0. The average molecular weight is 309 g/mol. The van der Waals surface area contributed by atoms with Gasteiger partial charge in [0.1, 0.15) is 5.70 Å². The fourth-order valence-electron chi connectivity index (χ4n) is 2.01. The molecule has 1 aliphatic heterocycles. The number of aliphatic hydroxyl groups is 2. The van der Waals surface area contributed by atoms with Gasteiger partial charge >= 0.3 is 6.18 Å². The van der Waals surface area contributed by atoms with E-state index in [1.165, 1.54) is 12.1 Å². The van der Waals surface area contributed by atoms with Crippen molar-refractivity contribution in [2.24, 2.45) is 0 Å². The summed E-state index contributed by atoms with van der Waals surface area (Å²) in [6, 6.07) is 6.24. The molecule has 1 aliphatic rings. The fourth-order valence-corrected chi connectivity index (χ4v) is 2.24. The summed E-state index contributed by atoms with van der Waals surface area (Å²) < 4.78 is 38.3. The van der Waals surface area contributed by atoms with Crippen molar-refractivity contribution >= 4 is 17.3 Å². The summed E-state index contributed by atoms with van der Waals surface area (Å²) >= 11 is 5.94. The maximum absolute atomic E-state index is 12.8. The van der Waals surface area contributed by atoms with E-state index in [0.29, 0.717) is 11.0 Å². The van der Waals surface area contributed by atoms with Crippen molar-refractivity contribution in [2.75, 3.05) is 11.9 Å². The highest BCUT2D eigenvalue weighted by Gasteiger charge is 2.44. The van der Waals surface area contributed by atoms with Gasteiger partial charge in [-0.3, -0.25) is 4.90 Å². The number of para-hydroxylation sites is 1. The number of hydrogen-bond donors (Lipinski definition) is 2. The average Bonchev–Trinajstić information content (AvgIpc) is 2.35. The Labute approximate surface area is 118 Å². The zero-order valence-electron chi connectivity index (χ0n) is 10.3. The van der Waals surface area contributed by atoms with Crippen molar-refractivity contribution in [1.29, 1.82) is 0 Å². The van der Waals surface area contributed by atoms with Crippen molar-refractivity contribution in [1.82, 2.24) is 4.90 Å². The van der Waals surface area contributed by atoms with Crippen molar-refractivity contribution in [3.63, 3.8) is 0 Å². The highest BCUT2D eigenvalue weighted by Crippen LogP contribution is 2.36. The largest absolute Gasteiger partial charge is 0.431 e. The van der Waals surface area contributed by atoms with Gasteiger partial charge in [-0.2, -0.15) is 13.2 Å². The molecule has 2 rings (SSSR count). The third kappa shape index (κ3) is 2.56. The molecule has 1 heterocycles. The van der Waals surface area contributed by atoms with Crippen LogP contribution in [0.15, 0.2) is 36.0 Å². The van der Waals surface area contributed by atoms with E-state index in [1.54, 1.807) is 12.1 Å². The lowest BCUT2D eigenvalue weighted by molar-refractivity contribution is -0.133. The summed E-state index contributed by atoms with van der Waals surface area (Å²) in [5, 5.41) is 20.1. The van der Waals surface area contributed by atoms with Gasteiger partial charge in [-0.25, -0.2) is 0 Å². The molecule has 2 unspecified atom stereocenters. The van der Waals surface area contributed by atoms with E-state index >= 15 is 0 Å². The molecule has 0 saturated heterocycles. The summed E-state index contributed by atoms with van der Waals surface area (Å²) in [6.07, 6.45) is -7.37. The van der Waals surface area contributed by atoms with Gasteiger partial charge in [0.05, 0.1) is 10.7 Å². The first-order valence-electron chi connectivity index (χ1n) is 5.64. The Hall–Kier alpha value is -1.44. The van der Waals surface area contributed by atoms with Crippen LogP contribution in [-0.2, 0) is 0 Å². The van der Waals surface area contributed by atoms with Gasteiger partial charge in [-0.1, -0.05) is 23.7 Å². The molecular weight excluding hydrogens is 297 g/mol. The number of hydrogen-bond acceptors (Lipinski definition) is 4. The molecule has 2 N–H and O–H groups in total. The van der Waals surface area contributed by atoms with Crippen LogP contribution in [0.3, 0.4) is 0 Å². The lowest BCUT2D eigenvalue weighted by atomic mass is 10.2. The van der Waals surface area contributed by atoms with Crippen LogP contribution in [0, 0.1) is 0 Å². The maximum atomic E-state index is 12.8. The van der Waals surface area contributed by atoms with Gasteiger partial charge in [0.25, 0.3) is 0 Å². The minimum absolute atomic E-state index is 0.211. The van der Waals surface area contributed by atoms with E-state index in [1.807, 2.05) is 0 Å². The highest BCUT2D eigenvalue weighted by atomic mass is 35.5. The summed E-state index contributed by atoms with van der Waals surface area (Å²) in [4.78, 5) is 1.60. The van der Waals surface area contributed by atoms with Crippen LogP contribution in [-0.4, -0.2) is 40.9 Å². The number of rotatable bonds is 1. The Kier molecular flexibility index (Phi) is 3.86. The quantitative estimate of drug-likeness (QED) is 0.834. The SMILES string of the molecule is CN1C(C(F)(F)F)=CC(O)N(c2ccccc2Cl)C1O. The lowest BCUT2D eigenvalue weighted by Gasteiger charge is -2.43. The Bertz CT molecular complexity index is 536. The fraction of sp³-hybridized carbons (Fsp3) is 0.333. The Morgan fingerprint density at radius 2 is 1.80 bits per heavy atom. The van der Waals surface area contributed by atoms with Gasteiger partial charge in [-0.05, 0) is 18.2 Å². The van der Waals surface area contributed by atoms with Crippen LogP contribution in [0.5, 0.6) is 0 Å². The first-order chi connectivity index (χ1) is 9.23. The summed E-state index contributed by atoms with van der Waals surface area (Å²) in [5.74, 6) is 0. The summed E-state index contributed by atoms with van der Waals surface area (Å²) in [5.41, 5.74) is -0.876. The maximum Gasteiger partial charge on any atom is 0.431 e. The normalized spacial score (nSPS) is 23.9. The molecule has 0 aromatic heterocycles. The number of alkyl halides is 3. The third-order valence-corrected chi connectivity index (χ3v) is 3.31. The molecule has 0 amide bonds. The minimum atomic E-state index is -4.66. The number of nitrogens with zero attached hydrogens (tertiary/aromatic N) is 2. The van der Waals surface area contributed by atoms with Gasteiger partial charge in [0.2, 0.25) is 6.35 Å². The summed E-state index contributed by atoms with van der Waals surface area (Å²) in [7, 11) is 1.08. The van der Waals surface area contributed by atoms with E-state index in [4.69, 9.17) is 11.6 Å². The van der Waals surface area contributed by atoms with Crippen LogP contribution in [0.2, 0.25) is 5.02 Å². The molecule has 1 aromatic rings. The monoisotopic (exact) mass is 308 g/mol. The first-order valence-corrected chi connectivity index (χ1v) is 6.02. The molecule has 8 heteroatoms. The van der Waals surface area contributed by atoms with Crippen LogP contribution >= 0.6 is 11.6 Å². The van der Waals surface area contributed by atoms with Gasteiger partial charge in [0, 0.05) is 7.05 Å². The van der Waals surface area contributed by atoms with Crippen LogP contribution in [0.4, 0.5) is 18.9 Å². The zero-order chi connectivity index (χ0) is 15.1. The molecule has 0 fully saturated rings. The second kappa shape index (κ2) is 5.16. The second-order valence-electron chi connectivity index (χ2n) is 4.28. The minimum Gasteiger partial charge on any atom is -0.370 e. The van der Waals surface area contributed by atoms with Gasteiger partial charge in [-0.15, -0.1) is 0 Å². The topological polar surface area (TPSA) is 46.9 Å². The molecule has 4 nitrogen and oxygen atoms in total. The molecule has 0 bridgehead atoms. The molecule has 2 atom stereocenters. The first kappa shape index (κ1) is 15.0. The van der Waals surface area contributed by atoms with Crippen LogP contribution in [0.25, 0.3) is 0 Å². The zero-order valence-corrected chi connectivity index (χ0v) is 11.1. The van der Waals surface area contributed by atoms with Crippen molar-refractivity contribution in [2.45, 2.75) is 18.8 Å². The van der Waals surface area contributed by atoms with Crippen molar-refractivity contribution < 1.29 is 23.4 Å². The third-order valence-electron chi connectivity index (χ3n) is 2.99. The number of halogens is 4. The Morgan fingerprint density at radius 3 is 2.35 bits per heavy atom. The molecule has 0 aliphatic carbocycles. The van der Waals surface area contributed by atoms with Crippen molar-refractivity contribution in [3.05, 3.63) is 41.1 Å². The standard InChI is InChI=1S/C12H12ClF3N2O2/c1-17-9(12(14,15)16)6-10(19)18(11(17)20)8-5-3-2-4-7(8)13/h2-6,10-11,19-20H,1H3. The van der Waals surface area contributed by atoms with E-state index in [-0.39, 0.29) is 10.7 Å². The number of anilines is 1. The number of benzene rings is 1. The predicted molar refractivity (Wildman–Crippen MR) is 67.8 cm³/mol. The van der Waals surface area contributed by atoms with Crippen LogP contribution in [0.1, 0.15) is 0 Å². The van der Waals surface area contributed by atoms with E-state index in [0.717, 1.165) is 11.9 Å². The van der Waals surface area contributed by atoms with Crippen molar-refractivity contribution in [3.8, 4) is 0 Å². The van der Waals surface area contributed by atoms with E-state index in [2.05, 4.69) is 0 Å². The van der Waals surface area contributed by atoms with Gasteiger partial charge < -0.3 is 15.1 Å².